The van der Waals surface area contributed by atoms with E-state index < -0.39 is 6.10 Å². The first kappa shape index (κ1) is 20.0. The molecule has 1 unspecified atom stereocenters. The molecular weight excluding hydrogens is 415 g/mol. The maximum absolute atomic E-state index is 14.3. The molecule has 0 fully saturated rings. The van der Waals surface area contributed by atoms with E-state index in [9.17, 15) is 9.50 Å². The molecule has 9 nitrogen and oxygen atoms in total. The van der Waals surface area contributed by atoms with Gasteiger partial charge in [0.05, 0.1) is 24.9 Å². The van der Waals surface area contributed by atoms with Crippen LogP contribution in [0.2, 0.25) is 0 Å². The highest BCUT2D eigenvalue weighted by molar-refractivity contribution is 5.75. The average molecular weight is 434 g/mol. The number of aliphatic hydroxyl groups excluding tert-OH is 2. The van der Waals surface area contributed by atoms with Crippen LogP contribution in [0.5, 0.6) is 0 Å². The van der Waals surface area contributed by atoms with Gasteiger partial charge in [0.2, 0.25) is 0 Å². The van der Waals surface area contributed by atoms with E-state index in [2.05, 4.69) is 20.2 Å². The summed E-state index contributed by atoms with van der Waals surface area (Å²) in [6, 6.07) is 10.1. The van der Waals surface area contributed by atoms with E-state index >= 15 is 0 Å². The minimum atomic E-state index is -0.903. The number of halogens is 1. The summed E-state index contributed by atoms with van der Waals surface area (Å²) >= 11 is 0. The van der Waals surface area contributed by atoms with Gasteiger partial charge in [0, 0.05) is 42.0 Å². The second-order valence-corrected chi connectivity index (χ2v) is 7.34. The molecule has 0 radical (unpaired) electrons. The van der Waals surface area contributed by atoms with Crippen LogP contribution in [-0.2, 0) is 13.0 Å². The minimum absolute atomic E-state index is 0.193. The van der Waals surface area contributed by atoms with Crippen molar-refractivity contribution in [3.8, 4) is 17.2 Å². The summed E-state index contributed by atoms with van der Waals surface area (Å²) in [5.41, 5.74) is 2.94. The van der Waals surface area contributed by atoms with Crippen LogP contribution in [0.25, 0.3) is 28.2 Å². The Morgan fingerprint density at radius 1 is 1.16 bits per heavy atom. The maximum Gasteiger partial charge on any atom is 0.252 e. The van der Waals surface area contributed by atoms with Gasteiger partial charge in [-0.25, -0.2) is 14.1 Å². The van der Waals surface area contributed by atoms with Gasteiger partial charge in [-0.05, 0) is 17.7 Å². The lowest BCUT2D eigenvalue weighted by Gasteiger charge is -2.09. The second-order valence-electron chi connectivity index (χ2n) is 7.34. The van der Waals surface area contributed by atoms with Crippen LogP contribution in [-0.4, -0.2) is 52.4 Å². The Hall–Kier alpha value is -3.89. The van der Waals surface area contributed by atoms with Crippen molar-refractivity contribution in [2.45, 2.75) is 19.1 Å². The third-order valence-corrected chi connectivity index (χ3v) is 5.13. The predicted octanol–water partition coefficient (Wildman–Crippen LogP) is 2.36. The van der Waals surface area contributed by atoms with E-state index in [-0.39, 0.29) is 25.4 Å². The predicted molar refractivity (Wildman–Crippen MR) is 112 cm³/mol. The van der Waals surface area contributed by atoms with Gasteiger partial charge in [-0.3, -0.25) is 0 Å². The van der Waals surface area contributed by atoms with Crippen LogP contribution >= 0.6 is 0 Å². The largest absolute Gasteiger partial charge is 0.394 e. The third-order valence-electron chi connectivity index (χ3n) is 5.13. The standard InChI is InChI=1S/C22H19FN6O3/c23-18-4-2-1-3-14(18)9-20-17(19-6-8-32-27-19)12-29(26-20)22-24-10-15-5-7-28(21(15)25-22)11-16(31)13-30/h1-8,10,12,16,30-31H,9,11,13H2. The molecule has 0 aliphatic carbocycles. The summed E-state index contributed by atoms with van der Waals surface area (Å²) in [6.45, 7) is -0.157. The van der Waals surface area contributed by atoms with Crippen LogP contribution in [0.3, 0.4) is 0 Å². The smallest absolute Gasteiger partial charge is 0.252 e. The molecule has 4 heterocycles. The van der Waals surface area contributed by atoms with E-state index in [1.807, 2.05) is 6.07 Å². The second kappa shape index (κ2) is 8.33. The van der Waals surface area contributed by atoms with E-state index in [0.29, 0.717) is 34.1 Å². The Morgan fingerprint density at radius 3 is 2.81 bits per heavy atom. The fraction of sp³-hybridized carbons (Fsp3) is 0.182. The van der Waals surface area contributed by atoms with E-state index in [1.54, 1.807) is 47.4 Å². The van der Waals surface area contributed by atoms with Crippen molar-refractivity contribution < 1.29 is 19.1 Å². The lowest BCUT2D eigenvalue weighted by atomic mass is 10.1. The van der Waals surface area contributed by atoms with Crippen LogP contribution in [0.1, 0.15) is 11.3 Å². The molecule has 0 saturated carbocycles. The summed E-state index contributed by atoms with van der Waals surface area (Å²) in [5.74, 6) is -0.00782. The molecule has 0 spiro atoms. The number of benzene rings is 1. The molecule has 0 aliphatic rings. The first-order valence-corrected chi connectivity index (χ1v) is 9.96. The third kappa shape index (κ3) is 3.77. The number of hydrogen-bond donors (Lipinski definition) is 2. The molecule has 2 N–H and O–H groups in total. The average Bonchev–Trinajstić information content (AvgIpc) is 3.55. The topological polar surface area (TPSA) is 115 Å². The van der Waals surface area contributed by atoms with Gasteiger partial charge in [0.25, 0.3) is 5.95 Å². The van der Waals surface area contributed by atoms with Crippen LogP contribution in [0, 0.1) is 5.82 Å². The van der Waals surface area contributed by atoms with Crippen molar-refractivity contribution in [1.82, 2.24) is 29.5 Å². The Labute approximate surface area is 181 Å². The van der Waals surface area contributed by atoms with Gasteiger partial charge in [-0.2, -0.15) is 10.1 Å². The quantitative estimate of drug-likeness (QED) is 0.404. The number of aromatic nitrogens is 6. The van der Waals surface area contributed by atoms with E-state index in [0.717, 1.165) is 5.39 Å². The summed E-state index contributed by atoms with van der Waals surface area (Å²) < 4.78 is 22.5. The molecule has 0 aliphatic heterocycles. The zero-order valence-corrected chi connectivity index (χ0v) is 16.8. The van der Waals surface area contributed by atoms with Gasteiger partial charge >= 0.3 is 0 Å². The molecule has 0 amide bonds. The molecule has 10 heteroatoms. The lowest BCUT2D eigenvalue weighted by Crippen LogP contribution is -2.19. The summed E-state index contributed by atoms with van der Waals surface area (Å²) in [7, 11) is 0. The van der Waals surface area contributed by atoms with Crippen molar-refractivity contribution in [1.29, 1.82) is 0 Å². The highest BCUT2D eigenvalue weighted by Gasteiger charge is 2.18. The Morgan fingerprint density at radius 2 is 2.03 bits per heavy atom. The lowest BCUT2D eigenvalue weighted by molar-refractivity contribution is 0.0821. The fourth-order valence-corrected chi connectivity index (χ4v) is 3.53. The van der Waals surface area contributed by atoms with Gasteiger partial charge in [0.1, 0.15) is 23.4 Å². The summed E-state index contributed by atoms with van der Waals surface area (Å²) in [6.07, 6.45) is 5.97. The zero-order chi connectivity index (χ0) is 22.1. The molecule has 4 aromatic heterocycles. The SMILES string of the molecule is OCC(O)Cn1ccc2cnc(-n3cc(-c4ccon4)c(Cc4ccccc4F)n3)nc21. The minimum Gasteiger partial charge on any atom is -0.394 e. The maximum atomic E-state index is 14.3. The number of nitrogens with zero attached hydrogens (tertiary/aromatic N) is 6. The van der Waals surface area contributed by atoms with Crippen LogP contribution < -0.4 is 0 Å². The van der Waals surface area contributed by atoms with Crippen molar-refractivity contribution >= 4 is 11.0 Å². The van der Waals surface area contributed by atoms with E-state index in [4.69, 9.17) is 9.63 Å². The van der Waals surface area contributed by atoms with Crippen LogP contribution in [0.4, 0.5) is 4.39 Å². The molecule has 1 aromatic carbocycles. The number of hydrogen-bond acceptors (Lipinski definition) is 7. The van der Waals surface area contributed by atoms with Gasteiger partial charge in [-0.1, -0.05) is 23.4 Å². The highest BCUT2D eigenvalue weighted by atomic mass is 19.1. The normalized spacial score (nSPS) is 12.5. The van der Waals surface area contributed by atoms with Gasteiger partial charge in [0.15, 0.2) is 0 Å². The summed E-state index contributed by atoms with van der Waals surface area (Å²) in [5, 5.41) is 28.4. The van der Waals surface area contributed by atoms with Crippen molar-refractivity contribution in [2.75, 3.05) is 6.61 Å². The van der Waals surface area contributed by atoms with E-state index in [1.165, 1.54) is 17.0 Å². The molecular formula is C22H19FN6O3. The molecule has 162 valence electrons. The van der Waals surface area contributed by atoms with Crippen molar-refractivity contribution in [3.05, 3.63) is 78.3 Å². The molecule has 0 saturated heterocycles. The fourth-order valence-electron chi connectivity index (χ4n) is 3.53. The molecule has 5 rings (SSSR count). The van der Waals surface area contributed by atoms with Gasteiger partial charge < -0.3 is 19.3 Å². The van der Waals surface area contributed by atoms with Crippen LogP contribution in [0.15, 0.2) is 65.8 Å². The number of rotatable bonds is 7. The monoisotopic (exact) mass is 434 g/mol. The molecule has 32 heavy (non-hydrogen) atoms. The first-order valence-electron chi connectivity index (χ1n) is 9.96. The molecule has 5 aromatic rings. The Balaban J connectivity index is 1.57. The first-order chi connectivity index (χ1) is 15.6. The Bertz CT molecular complexity index is 1360. The number of fused-ring (bicyclic) bond motifs is 1. The number of aliphatic hydroxyl groups is 2. The van der Waals surface area contributed by atoms with Crippen molar-refractivity contribution in [2.24, 2.45) is 0 Å². The van der Waals surface area contributed by atoms with Gasteiger partial charge in [-0.15, -0.1) is 0 Å². The highest BCUT2D eigenvalue weighted by Crippen LogP contribution is 2.26. The molecule has 0 bridgehead atoms. The Kier molecular flexibility index (Phi) is 5.21. The summed E-state index contributed by atoms with van der Waals surface area (Å²) in [4.78, 5) is 8.99. The molecule has 1 atom stereocenters. The zero-order valence-electron chi connectivity index (χ0n) is 16.8. The van der Waals surface area contributed by atoms with Crippen molar-refractivity contribution in [3.63, 3.8) is 0 Å².